The zero-order valence-electron chi connectivity index (χ0n) is 15.6. The first-order chi connectivity index (χ1) is 12.4. The molecule has 0 saturated carbocycles. The molecule has 0 unspecified atom stereocenters. The number of hydrogen-bond donors (Lipinski definition) is 5. The van der Waals surface area contributed by atoms with Crippen LogP contribution in [0.2, 0.25) is 0 Å². The van der Waals surface area contributed by atoms with Gasteiger partial charge >= 0.3 is 0 Å². The van der Waals surface area contributed by atoms with Gasteiger partial charge in [-0.3, -0.25) is 9.59 Å². The van der Waals surface area contributed by atoms with Gasteiger partial charge in [-0.05, 0) is 45.2 Å². The number of benzene rings is 2. The Morgan fingerprint density at radius 1 is 0.923 bits per heavy atom. The average Bonchev–Trinajstić information content (AvgIpc) is 2.64. The summed E-state index contributed by atoms with van der Waals surface area (Å²) in [4.78, 5) is 21.7. The number of carbonyl (C=O) groups is 2. The Morgan fingerprint density at radius 3 is 1.54 bits per heavy atom. The van der Waals surface area contributed by atoms with Crippen molar-refractivity contribution in [1.29, 1.82) is 0 Å². The zero-order chi connectivity index (χ0) is 20.5. The molecule has 0 radical (unpaired) electrons. The number of aliphatic hydroxyl groups is 1. The van der Waals surface area contributed by atoms with E-state index in [1.165, 1.54) is 33.2 Å². The third-order valence-corrected chi connectivity index (χ3v) is 2.66. The van der Waals surface area contributed by atoms with E-state index < -0.39 is 0 Å². The molecule has 0 fully saturated rings. The van der Waals surface area contributed by atoms with Crippen LogP contribution in [0.3, 0.4) is 0 Å². The lowest BCUT2D eigenvalue weighted by molar-refractivity contribution is 0.0959. The van der Waals surface area contributed by atoms with E-state index in [1.54, 1.807) is 43.3 Å². The van der Waals surface area contributed by atoms with Crippen molar-refractivity contribution in [3.8, 4) is 11.5 Å². The number of aliphatic hydroxyl groups excluding tert-OH is 1. The summed E-state index contributed by atoms with van der Waals surface area (Å²) in [6.45, 7) is 3.36. The number of phenolic OH excluding ortho intramolecular Hbond substituents is 2. The van der Waals surface area contributed by atoms with Gasteiger partial charge in [-0.1, -0.05) is 24.3 Å². The van der Waals surface area contributed by atoms with Gasteiger partial charge in [0.25, 0.3) is 5.91 Å². The first-order valence-electron chi connectivity index (χ1n) is 7.86. The molecule has 0 spiro atoms. The van der Waals surface area contributed by atoms with E-state index in [0.29, 0.717) is 11.1 Å². The number of amides is 1. The van der Waals surface area contributed by atoms with Gasteiger partial charge in [-0.2, -0.15) is 0 Å². The quantitative estimate of drug-likeness (QED) is 0.517. The average molecular weight is 364 g/mol. The summed E-state index contributed by atoms with van der Waals surface area (Å²) in [5, 5.41) is 28.2. The minimum Gasteiger partial charge on any atom is -0.507 e. The molecule has 7 heteroatoms. The summed E-state index contributed by atoms with van der Waals surface area (Å²) < 4.78 is 0. The van der Waals surface area contributed by atoms with Gasteiger partial charge in [0, 0.05) is 13.7 Å². The van der Waals surface area contributed by atoms with Crippen molar-refractivity contribution in [2.75, 3.05) is 20.7 Å². The summed E-state index contributed by atoms with van der Waals surface area (Å²) in [5.74, 6) is -0.331. The molecular weight excluding hydrogens is 336 g/mol. The van der Waals surface area contributed by atoms with Crippen molar-refractivity contribution in [2.24, 2.45) is 5.73 Å². The van der Waals surface area contributed by atoms with Gasteiger partial charge < -0.3 is 26.4 Å². The molecule has 6 N–H and O–H groups in total. The fourth-order valence-electron chi connectivity index (χ4n) is 1.57. The number of para-hydroxylation sites is 2. The smallest absolute Gasteiger partial charge is 0.254 e. The van der Waals surface area contributed by atoms with E-state index in [-0.39, 0.29) is 29.8 Å². The molecule has 144 valence electrons. The predicted molar refractivity (Wildman–Crippen MR) is 102 cm³/mol. The number of Topliss-reactive ketones (excluding diaryl/α,β-unsaturated/α-hetero) is 1. The Hall–Kier alpha value is -2.90. The van der Waals surface area contributed by atoms with Crippen molar-refractivity contribution in [2.45, 2.75) is 13.8 Å². The maximum Gasteiger partial charge on any atom is 0.254 e. The Morgan fingerprint density at radius 2 is 1.27 bits per heavy atom. The molecule has 0 saturated heterocycles. The van der Waals surface area contributed by atoms with Crippen LogP contribution in [0.15, 0.2) is 48.5 Å². The highest BCUT2D eigenvalue weighted by Crippen LogP contribution is 2.15. The number of rotatable bonds is 2. The maximum atomic E-state index is 11.0. The molecule has 2 aromatic carbocycles. The standard InChI is InChI=1S/C8H9NO2.C8H8O2.C2H6O.CH5N/c1-9-8(11)6-4-2-3-5-7(6)10;1-6(9)7-4-2-3-5-8(7)10;1-2-3;1-2/h2-5,10H,1H3,(H,9,11);2-5,10H,1H3;3H,2H2,1H3;2H2,1H3. The van der Waals surface area contributed by atoms with E-state index >= 15 is 0 Å². The number of carbonyl (C=O) groups excluding carboxylic acids is 2. The topological polar surface area (TPSA) is 133 Å². The second-order valence-corrected chi connectivity index (χ2v) is 4.49. The number of ketones is 1. The third kappa shape index (κ3) is 10.1. The molecule has 7 nitrogen and oxygen atoms in total. The van der Waals surface area contributed by atoms with Gasteiger partial charge in [0.15, 0.2) is 5.78 Å². The SMILES string of the molecule is CC(=O)c1ccccc1O.CCO.CN.CNC(=O)c1ccccc1O. The van der Waals surface area contributed by atoms with Crippen molar-refractivity contribution in [1.82, 2.24) is 5.32 Å². The lowest BCUT2D eigenvalue weighted by Gasteiger charge is -2.00. The number of nitrogens with two attached hydrogens (primary N) is 1. The van der Waals surface area contributed by atoms with E-state index in [2.05, 4.69) is 11.1 Å². The van der Waals surface area contributed by atoms with E-state index in [0.717, 1.165) is 0 Å². The molecule has 0 aromatic heterocycles. The van der Waals surface area contributed by atoms with Crippen LogP contribution < -0.4 is 11.1 Å². The Balaban J connectivity index is 0. The molecule has 2 rings (SSSR count). The van der Waals surface area contributed by atoms with Crippen LogP contribution in [0.5, 0.6) is 11.5 Å². The lowest BCUT2D eigenvalue weighted by atomic mass is 10.1. The lowest BCUT2D eigenvalue weighted by Crippen LogP contribution is -2.17. The van der Waals surface area contributed by atoms with Crippen LogP contribution in [-0.2, 0) is 0 Å². The highest BCUT2D eigenvalue weighted by atomic mass is 16.3. The van der Waals surface area contributed by atoms with Crippen LogP contribution in [0.4, 0.5) is 0 Å². The van der Waals surface area contributed by atoms with Crippen LogP contribution in [0.1, 0.15) is 34.6 Å². The Labute approximate surface area is 154 Å². The van der Waals surface area contributed by atoms with Gasteiger partial charge in [-0.25, -0.2) is 0 Å². The summed E-state index contributed by atoms with van der Waals surface area (Å²) in [5.41, 5.74) is 5.18. The molecular formula is C19H28N2O5. The minimum absolute atomic E-state index is 0.00634. The summed E-state index contributed by atoms with van der Waals surface area (Å²) >= 11 is 0. The summed E-state index contributed by atoms with van der Waals surface area (Å²) in [6, 6.07) is 12.9. The van der Waals surface area contributed by atoms with Crippen LogP contribution in [0.25, 0.3) is 0 Å². The second-order valence-electron chi connectivity index (χ2n) is 4.49. The van der Waals surface area contributed by atoms with Crippen LogP contribution >= 0.6 is 0 Å². The zero-order valence-corrected chi connectivity index (χ0v) is 15.6. The Bertz CT molecular complexity index is 660. The fourth-order valence-corrected chi connectivity index (χ4v) is 1.57. The van der Waals surface area contributed by atoms with Gasteiger partial charge in [-0.15, -0.1) is 0 Å². The fraction of sp³-hybridized carbons (Fsp3) is 0.263. The molecule has 0 aliphatic rings. The molecule has 2 aromatic rings. The molecule has 26 heavy (non-hydrogen) atoms. The maximum absolute atomic E-state index is 11.0. The number of hydrogen-bond acceptors (Lipinski definition) is 6. The number of aromatic hydroxyl groups is 2. The highest BCUT2D eigenvalue weighted by Gasteiger charge is 2.06. The van der Waals surface area contributed by atoms with Gasteiger partial charge in [0.1, 0.15) is 11.5 Å². The van der Waals surface area contributed by atoms with Crippen LogP contribution in [0, 0.1) is 0 Å². The summed E-state index contributed by atoms with van der Waals surface area (Å²) in [7, 11) is 3.02. The highest BCUT2D eigenvalue weighted by molar-refractivity contribution is 5.97. The Kier molecular flexibility index (Phi) is 15.2. The van der Waals surface area contributed by atoms with Gasteiger partial charge in [0.05, 0.1) is 11.1 Å². The molecule has 0 atom stereocenters. The normalized spacial score (nSPS) is 8.38. The number of nitrogens with one attached hydrogen (secondary N) is 1. The monoisotopic (exact) mass is 364 g/mol. The molecule has 0 aliphatic heterocycles. The van der Waals surface area contributed by atoms with Crippen molar-refractivity contribution < 1.29 is 24.9 Å². The first-order valence-corrected chi connectivity index (χ1v) is 7.86. The van der Waals surface area contributed by atoms with E-state index in [4.69, 9.17) is 15.3 Å². The minimum atomic E-state index is -0.275. The molecule has 0 bridgehead atoms. The third-order valence-electron chi connectivity index (χ3n) is 2.66. The van der Waals surface area contributed by atoms with Gasteiger partial charge in [0.2, 0.25) is 0 Å². The van der Waals surface area contributed by atoms with Crippen molar-refractivity contribution in [3.63, 3.8) is 0 Å². The van der Waals surface area contributed by atoms with Crippen molar-refractivity contribution in [3.05, 3.63) is 59.7 Å². The van der Waals surface area contributed by atoms with Crippen LogP contribution in [-0.4, -0.2) is 47.7 Å². The first kappa shape index (κ1) is 25.3. The summed E-state index contributed by atoms with van der Waals surface area (Å²) in [6.07, 6.45) is 0. The van der Waals surface area contributed by atoms with E-state index in [9.17, 15) is 9.59 Å². The number of phenols is 2. The molecule has 0 aliphatic carbocycles. The predicted octanol–water partition coefficient (Wildman–Crippen LogP) is 1.92. The van der Waals surface area contributed by atoms with E-state index in [1.807, 2.05) is 0 Å². The molecule has 1 amide bonds. The molecule has 0 heterocycles. The van der Waals surface area contributed by atoms with Crippen molar-refractivity contribution >= 4 is 11.7 Å². The second kappa shape index (κ2) is 15.6. The largest absolute Gasteiger partial charge is 0.507 e.